The molecule has 3 aromatic rings. The second-order valence-electron chi connectivity index (χ2n) is 5.47. The summed E-state index contributed by atoms with van der Waals surface area (Å²) in [6.45, 7) is 1.93. The highest BCUT2D eigenvalue weighted by Gasteiger charge is 2.18. The quantitative estimate of drug-likeness (QED) is 0.385. The molecule has 5 nitrogen and oxygen atoms in total. The molecule has 0 atom stereocenters. The summed E-state index contributed by atoms with van der Waals surface area (Å²) in [5, 5.41) is 0. The zero-order chi connectivity index (χ0) is 18.4. The lowest BCUT2D eigenvalue weighted by Crippen LogP contribution is -2.17. The second-order valence-corrected chi connectivity index (χ2v) is 5.47. The third kappa shape index (κ3) is 4.48. The first-order valence-electron chi connectivity index (χ1n) is 7.94. The predicted octanol–water partition coefficient (Wildman–Crippen LogP) is 4.79. The van der Waals surface area contributed by atoms with Crippen LogP contribution in [0.5, 0.6) is 17.2 Å². The summed E-state index contributed by atoms with van der Waals surface area (Å²) in [5.41, 5.74) is 1.16. The van der Waals surface area contributed by atoms with Crippen LogP contribution in [0.4, 0.5) is 4.79 Å². The van der Waals surface area contributed by atoms with E-state index in [9.17, 15) is 9.59 Å². The van der Waals surface area contributed by atoms with Crippen LogP contribution in [-0.4, -0.2) is 12.1 Å². The van der Waals surface area contributed by atoms with Crippen molar-refractivity contribution in [2.24, 2.45) is 0 Å². The van der Waals surface area contributed by atoms with Gasteiger partial charge in [-0.15, -0.1) is 0 Å². The van der Waals surface area contributed by atoms with Gasteiger partial charge in [-0.25, -0.2) is 9.59 Å². The van der Waals surface area contributed by atoms with Gasteiger partial charge in [0.15, 0.2) is 0 Å². The van der Waals surface area contributed by atoms with Crippen molar-refractivity contribution in [3.05, 3.63) is 90.0 Å². The fraction of sp³-hybridized carbons (Fsp3) is 0.0476. The number of esters is 1. The molecule has 3 rings (SSSR count). The van der Waals surface area contributed by atoms with Gasteiger partial charge < -0.3 is 14.2 Å². The molecule has 130 valence electrons. The van der Waals surface area contributed by atoms with Gasteiger partial charge in [-0.2, -0.15) is 0 Å². The van der Waals surface area contributed by atoms with Gasteiger partial charge in [0.2, 0.25) is 0 Å². The van der Waals surface area contributed by atoms with Gasteiger partial charge in [0.1, 0.15) is 22.8 Å². The van der Waals surface area contributed by atoms with E-state index in [1.807, 2.05) is 25.1 Å². The van der Waals surface area contributed by atoms with E-state index in [0.717, 1.165) is 5.56 Å². The van der Waals surface area contributed by atoms with Gasteiger partial charge in [-0.3, -0.25) is 0 Å². The molecular formula is C21H16O5. The summed E-state index contributed by atoms with van der Waals surface area (Å²) in [4.78, 5) is 24.4. The van der Waals surface area contributed by atoms with Crippen LogP contribution in [0.25, 0.3) is 0 Å². The van der Waals surface area contributed by atoms with Crippen molar-refractivity contribution in [1.29, 1.82) is 0 Å². The molecule has 0 amide bonds. The Hall–Kier alpha value is -3.60. The smallest absolute Gasteiger partial charge is 0.423 e. The van der Waals surface area contributed by atoms with Gasteiger partial charge in [-0.05, 0) is 43.3 Å². The highest BCUT2D eigenvalue weighted by molar-refractivity contribution is 5.94. The Morgan fingerprint density at radius 1 is 0.654 bits per heavy atom. The van der Waals surface area contributed by atoms with E-state index in [1.54, 1.807) is 48.5 Å². The Kier molecular flexibility index (Phi) is 5.29. The molecule has 3 aromatic carbocycles. The Bertz CT molecular complexity index is 901. The molecular weight excluding hydrogens is 332 g/mol. The zero-order valence-electron chi connectivity index (χ0n) is 14.0. The minimum Gasteiger partial charge on any atom is -0.423 e. The summed E-state index contributed by atoms with van der Waals surface area (Å²) in [6.07, 6.45) is -0.936. The first-order chi connectivity index (χ1) is 12.6. The molecule has 26 heavy (non-hydrogen) atoms. The standard InChI is InChI=1S/C21H16O5/c1-15-11-13-17(14-12-15)25-21(23)26-19-10-6-5-9-18(19)20(22)24-16-7-3-2-4-8-16/h2-14H,1H3. The normalized spacial score (nSPS) is 10.0. The van der Waals surface area contributed by atoms with E-state index in [4.69, 9.17) is 14.2 Å². The fourth-order valence-electron chi connectivity index (χ4n) is 2.19. The molecule has 5 heteroatoms. The summed E-state index contributed by atoms with van der Waals surface area (Å²) in [6, 6.07) is 21.9. The van der Waals surface area contributed by atoms with Gasteiger partial charge in [0, 0.05) is 0 Å². The lowest BCUT2D eigenvalue weighted by Gasteiger charge is -2.10. The highest BCUT2D eigenvalue weighted by atomic mass is 16.7. The lowest BCUT2D eigenvalue weighted by molar-refractivity contribution is 0.0731. The molecule has 0 aliphatic carbocycles. The van der Waals surface area contributed by atoms with Crippen molar-refractivity contribution < 1.29 is 23.8 Å². The monoisotopic (exact) mass is 348 g/mol. The summed E-state index contributed by atoms with van der Waals surface area (Å²) in [5.74, 6) is 0.181. The van der Waals surface area contributed by atoms with Crippen molar-refractivity contribution >= 4 is 12.1 Å². The number of hydrogen-bond donors (Lipinski definition) is 0. The molecule has 0 heterocycles. The van der Waals surface area contributed by atoms with Crippen LogP contribution in [0.2, 0.25) is 0 Å². The van der Waals surface area contributed by atoms with Crippen LogP contribution in [0.15, 0.2) is 78.9 Å². The summed E-state index contributed by atoms with van der Waals surface area (Å²) >= 11 is 0. The topological polar surface area (TPSA) is 61.8 Å². The van der Waals surface area contributed by atoms with Crippen molar-refractivity contribution in [3.63, 3.8) is 0 Å². The third-order valence-corrected chi connectivity index (χ3v) is 3.48. The lowest BCUT2D eigenvalue weighted by atomic mass is 10.2. The molecule has 0 aliphatic heterocycles. The van der Waals surface area contributed by atoms with Gasteiger partial charge in [0.25, 0.3) is 0 Å². The van der Waals surface area contributed by atoms with Gasteiger partial charge >= 0.3 is 12.1 Å². The van der Waals surface area contributed by atoms with E-state index >= 15 is 0 Å². The average molecular weight is 348 g/mol. The maximum absolute atomic E-state index is 12.4. The van der Waals surface area contributed by atoms with Crippen LogP contribution >= 0.6 is 0 Å². The van der Waals surface area contributed by atoms with E-state index in [1.165, 1.54) is 12.1 Å². The van der Waals surface area contributed by atoms with Crippen molar-refractivity contribution in [1.82, 2.24) is 0 Å². The van der Waals surface area contributed by atoms with Gasteiger partial charge in [0.05, 0.1) is 0 Å². The minimum absolute atomic E-state index is 0.0607. The highest BCUT2D eigenvalue weighted by Crippen LogP contribution is 2.22. The van der Waals surface area contributed by atoms with Crippen molar-refractivity contribution in [2.45, 2.75) is 6.92 Å². The number of benzene rings is 3. The number of aryl methyl sites for hydroxylation is 1. The summed E-state index contributed by atoms with van der Waals surface area (Å²) in [7, 11) is 0. The molecule has 0 N–H and O–H groups in total. The zero-order valence-corrected chi connectivity index (χ0v) is 14.0. The molecule has 0 radical (unpaired) electrons. The van der Waals surface area contributed by atoms with E-state index < -0.39 is 12.1 Å². The maximum atomic E-state index is 12.4. The molecule has 0 spiro atoms. The molecule has 0 saturated carbocycles. The minimum atomic E-state index is -0.936. The number of hydrogen-bond acceptors (Lipinski definition) is 5. The molecule has 0 fully saturated rings. The van der Waals surface area contributed by atoms with E-state index in [2.05, 4.69) is 0 Å². The molecule has 0 unspecified atom stereocenters. The molecule has 0 bridgehead atoms. The molecule has 0 aliphatic rings. The predicted molar refractivity (Wildman–Crippen MR) is 95.7 cm³/mol. The Morgan fingerprint density at radius 3 is 2.00 bits per heavy atom. The van der Waals surface area contributed by atoms with Crippen LogP contribution in [0, 0.1) is 6.92 Å². The Labute approximate surface area is 150 Å². The van der Waals surface area contributed by atoms with Crippen LogP contribution in [0.3, 0.4) is 0 Å². The molecule has 0 aromatic heterocycles. The Morgan fingerprint density at radius 2 is 1.27 bits per heavy atom. The third-order valence-electron chi connectivity index (χ3n) is 3.48. The first kappa shape index (κ1) is 17.2. The maximum Gasteiger partial charge on any atom is 0.519 e. The van der Waals surface area contributed by atoms with E-state index in [-0.39, 0.29) is 11.3 Å². The number of carbonyl (C=O) groups excluding carboxylic acids is 2. The number of para-hydroxylation sites is 2. The molecule has 0 saturated heterocycles. The first-order valence-corrected chi connectivity index (χ1v) is 7.94. The largest absolute Gasteiger partial charge is 0.519 e. The average Bonchev–Trinajstić information content (AvgIpc) is 2.65. The SMILES string of the molecule is Cc1ccc(OC(=O)Oc2ccccc2C(=O)Oc2ccccc2)cc1. The van der Waals surface area contributed by atoms with Crippen LogP contribution in [-0.2, 0) is 0 Å². The van der Waals surface area contributed by atoms with E-state index in [0.29, 0.717) is 11.5 Å². The number of rotatable bonds is 4. The van der Waals surface area contributed by atoms with Crippen molar-refractivity contribution in [2.75, 3.05) is 0 Å². The Balaban J connectivity index is 1.71. The van der Waals surface area contributed by atoms with Gasteiger partial charge in [-0.1, -0.05) is 48.0 Å². The number of carbonyl (C=O) groups is 2. The van der Waals surface area contributed by atoms with Crippen LogP contribution in [0.1, 0.15) is 15.9 Å². The van der Waals surface area contributed by atoms with Crippen molar-refractivity contribution in [3.8, 4) is 17.2 Å². The van der Waals surface area contributed by atoms with Crippen LogP contribution < -0.4 is 14.2 Å². The second kappa shape index (κ2) is 7.98. The number of ether oxygens (including phenoxy) is 3. The fourth-order valence-corrected chi connectivity index (χ4v) is 2.19. The summed E-state index contributed by atoms with van der Waals surface area (Å²) < 4.78 is 15.6.